The van der Waals surface area contributed by atoms with Crippen LogP contribution in [-0.4, -0.2) is 76.9 Å². The lowest BCUT2D eigenvalue weighted by molar-refractivity contribution is -0.161. The van der Waals surface area contributed by atoms with Crippen LogP contribution < -0.4 is 0 Å². The lowest BCUT2D eigenvalue weighted by atomic mass is 10.1. The fraction of sp³-hybridized carbons (Fsp3) is 0.727. The van der Waals surface area contributed by atoms with E-state index in [1.54, 1.807) is 6.08 Å². The van der Waals surface area contributed by atoms with Crippen LogP contribution in [0.15, 0.2) is 60.8 Å². The zero-order valence-corrected chi connectivity index (χ0v) is 35.6. The van der Waals surface area contributed by atoms with Crippen molar-refractivity contribution in [3.8, 4) is 0 Å². The number of carbonyl (C=O) groups excluding carboxylic acids is 2. The number of hydrogen-bond donors (Lipinski definition) is 4. The summed E-state index contributed by atoms with van der Waals surface area (Å²) in [6.07, 6.45) is 39.3. The molecular weight excluding hydrogens is 735 g/mol. The standard InChI is InChI=1S/C44H77O11P/c1-3-5-7-9-11-12-13-14-15-16-17-18-23-27-31-35-44(49)55-42(39-54-56(50,51)53-37-41(47)36-45)38-52-43(48)34-30-26-22-20-19-21-25-29-33-40(46)32-28-24-10-8-6-4-2/h12-13,20-22,24-25,28-29,33,40-42,45-47H,3-11,14-19,23,26-27,30-32,34-39H2,1-2H3,(H,50,51)/b13-12-,22-20-,25-21-,28-24-,33-29+/t40-,41+,42-/m1/s1. The van der Waals surface area contributed by atoms with E-state index in [1.165, 1.54) is 64.2 Å². The Labute approximate surface area is 338 Å². The molecule has 0 rings (SSSR count). The summed E-state index contributed by atoms with van der Waals surface area (Å²) in [5.74, 6) is -1.04. The van der Waals surface area contributed by atoms with Crippen molar-refractivity contribution in [2.24, 2.45) is 0 Å². The molecule has 4 N–H and O–H groups in total. The van der Waals surface area contributed by atoms with E-state index in [0.717, 1.165) is 38.5 Å². The molecule has 0 spiro atoms. The normalized spacial score (nSPS) is 15.0. The number of aliphatic hydroxyl groups is 3. The molecule has 11 nitrogen and oxygen atoms in total. The first-order chi connectivity index (χ1) is 27.1. The number of carbonyl (C=O) groups is 2. The minimum Gasteiger partial charge on any atom is -0.462 e. The number of unbranched alkanes of at least 4 members (excludes halogenated alkanes) is 15. The second kappa shape index (κ2) is 39.5. The number of phosphoric acid groups is 1. The number of ether oxygens (including phenoxy) is 2. The second-order valence-corrected chi connectivity index (χ2v) is 15.7. The maximum Gasteiger partial charge on any atom is 0.472 e. The van der Waals surface area contributed by atoms with Crippen LogP contribution in [0.4, 0.5) is 0 Å². The first kappa shape index (κ1) is 53.6. The molecule has 0 aromatic heterocycles. The minimum absolute atomic E-state index is 0.131. The Kier molecular flexibility index (Phi) is 37.8. The van der Waals surface area contributed by atoms with Gasteiger partial charge in [0.05, 0.1) is 25.9 Å². The van der Waals surface area contributed by atoms with Gasteiger partial charge in [-0.3, -0.25) is 18.6 Å². The van der Waals surface area contributed by atoms with Gasteiger partial charge in [0.15, 0.2) is 6.10 Å². The molecule has 324 valence electrons. The summed E-state index contributed by atoms with van der Waals surface area (Å²) < 4.78 is 32.6. The maximum absolute atomic E-state index is 12.6. The van der Waals surface area contributed by atoms with Gasteiger partial charge in [-0.1, -0.05) is 139 Å². The molecule has 0 saturated carbocycles. The first-order valence-corrected chi connectivity index (χ1v) is 22.8. The van der Waals surface area contributed by atoms with E-state index in [0.29, 0.717) is 32.1 Å². The summed E-state index contributed by atoms with van der Waals surface area (Å²) in [5.41, 5.74) is 0. The van der Waals surface area contributed by atoms with Crippen molar-refractivity contribution in [2.75, 3.05) is 26.4 Å². The molecular formula is C44H77O11P. The van der Waals surface area contributed by atoms with Crippen LogP contribution in [0.3, 0.4) is 0 Å². The zero-order chi connectivity index (χ0) is 41.4. The van der Waals surface area contributed by atoms with E-state index >= 15 is 0 Å². The summed E-state index contributed by atoms with van der Waals surface area (Å²) in [4.78, 5) is 34.9. The van der Waals surface area contributed by atoms with Gasteiger partial charge in [-0.2, -0.15) is 0 Å². The van der Waals surface area contributed by atoms with Gasteiger partial charge in [-0.15, -0.1) is 0 Å². The highest BCUT2D eigenvalue weighted by molar-refractivity contribution is 7.47. The van der Waals surface area contributed by atoms with E-state index in [-0.39, 0.29) is 19.4 Å². The van der Waals surface area contributed by atoms with Crippen LogP contribution in [0, 0.1) is 0 Å². The molecule has 0 aromatic carbocycles. The van der Waals surface area contributed by atoms with Crippen LogP contribution in [0.25, 0.3) is 0 Å². The number of rotatable bonds is 39. The van der Waals surface area contributed by atoms with Crippen LogP contribution in [0.2, 0.25) is 0 Å². The highest BCUT2D eigenvalue weighted by Gasteiger charge is 2.27. The van der Waals surface area contributed by atoms with Crippen LogP contribution in [0.1, 0.15) is 162 Å². The average Bonchev–Trinajstić information content (AvgIpc) is 3.18. The molecule has 0 bridgehead atoms. The smallest absolute Gasteiger partial charge is 0.462 e. The number of hydrogen-bond acceptors (Lipinski definition) is 10. The second-order valence-electron chi connectivity index (χ2n) is 14.2. The van der Waals surface area contributed by atoms with Crippen molar-refractivity contribution in [1.29, 1.82) is 0 Å². The van der Waals surface area contributed by atoms with Gasteiger partial charge in [-0.25, -0.2) is 4.57 Å². The van der Waals surface area contributed by atoms with E-state index in [1.807, 2.05) is 36.5 Å². The van der Waals surface area contributed by atoms with E-state index in [2.05, 4.69) is 36.6 Å². The predicted octanol–water partition coefficient (Wildman–Crippen LogP) is 10.1. The Balaban J connectivity index is 4.48. The third kappa shape index (κ3) is 38.5. The van der Waals surface area contributed by atoms with Crippen LogP contribution in [-0.2, 0) is 32.7 Å². The Morgan fingerprint density at radius 1 is 0.607 bits per heavy atom. The van der Waals surface area contributed by atoms with Gasteiger partial charge in [0.2, 0.25) is 0 Å². The maximum atomic E-state index is 12.6. The van der Waals surface area contributed by atoms with Gasteiger partial charge in [0, 0.05) is 12.8 Å². The molecule has 0 fully saturated rings. The molecule has 0 saturated heterocycles. The molecule has 0 aliphatic heterocycles. The number of esters is 2. The van der Waals surface area contributed by atoms with Crippen molar-refractivity contribution >= 4 is 19.8 Å². The van der Waals surface area contributed by atoms with Crippen molar-refractivity contribution in [2.45, 2.75) is 180 Å². The summed E-state index contributed by atoms with van der Waals surface area (Å²) >= 11 is 0. The summed E-state index contributed by atoms with van der Waals surface area (Å²) in [6, 6.07) is 0. The largest absolute Gasteiger partial charge is 0.472 e. The molecule has 0 heterocycles. The van der Waals surface area contributed by atoms with Gasteiger partial charge >= 0.3 is 19.8 Å². The van der Waals surface area contributed by atoms with Crippen molar-refractivity contribution in [3.63, 3.8) is 0 Å². The third-order valence-electron chi connectivity index (χ3n) is 8.72. The molecule has 4 atom stereocenters. The molecule has 56 heavy (non-hydrogen) atoms. The highest BCUT2D eigenvalue weighted by Crippen LogP contribution is 2.43. The lowest BCUT2D eigenvalue weighted by Gasteiger charge is -2.20. The Morgan fingerprint density at radius 3 is 1.82 bits per heavy atom. The number of aliphatic hydroxyl groups excluding tert-OH is 3. The van der Waals surface area contributed by atoms with Crippen LogP contribution >= 0.6 is 7.82 Å². The highest BCUT2D eigenvalue weighted by atomic mass is 31.2. The number of phosphoric ester groups is 1. The van der Waals surface area contributed by atoms with Gasteiger partial charge in [0.1, 0.15) is 12.7 Å². The van der Waals surface area contributed by atoms with E-state index < -0.39 is 57.9 Å². The fourth-order valence-electron chi connectivity index (χ4n) is 5.36. The lowest BCUT2D eigenvalue weighted by Crippen LogP contribution is -2.29. The molecule has 12 heteroatoms. The zero-order valence-electron chi connectivity index (χ0n) is 34.7. The van der Waals surface area contributed by atoms with E-state index in [4.69, 9.17) is 19.1 Å². The minimum atomic E-state index is -4.65. The molecule has 0 amide bonds. The SMILES string of the molecule is CCCCC/C=C\C[C@@H](O)/C=C/C=C\C/C=C\CCCC(=O)OC[C@H](COP(=O)(O)OC[C@@H](O)CO)OC(=O)CCCCCCCCC/C=C\CCCCCC. The summed E-state index contributed by atoms with van der Waals surface area (Å²) in [7, 11) is -4.65. The Morgan fingerprint density at radius 2 is 1.14 bits per heavy atom. The molecule has 0 aromatic rings. The quantitative estimate of drug-likeness (QED) is 0.0153. The van der Waals surface area contributed by atoms with Crippen molar-refractivity contribution in [1.82, 2.24) is 0 Å². The monoisotopic (exact) mass is 813 g/mol. The summed E-state index contributed by atoms with van der Waals surface area (Å²) in [5, 5.41) is 28.3. The van der Waals surface area contributed by atoms with Crippen molar-refractivity contribution < 1.29 is 52.9 Å². The number of allylic oxidation sites excluding steroid dienone is 8. The Hall–Kier alpha value is -2.37. The first-order valence-electron chi connectivity index (χ1n) is 21.4. The van der Waals surface area contributed by atoms with Crippen molar-refractivity contribution in [3.05, 3.63) is 60.8 Å². The molecule has 1 unspecified atom stereocenters. The molecule has 0 aliphatic rings. The van der Waals surface area contributed by atoms with E-state index in [9.17, 15) is 29.3 Å². The van der Waals surface area contributed by atoms with Crippen LogP contribution in [0.5, 0.6) is 0 Å². The summed E-state index contributed by atoms with van der Waals surface area (Å²) in [6.45, 7) is 2.17. The topological polar surface area (TPSA) is 169 Å². The molecule has 0 aliphatic carbocycles. The van der Waals surface area contributed by atoms with Gasteiger partial charge in [-0.05, 0) is 70.6 Å². The Bertz CT molecular complexity index is 1130. The third-order valence-corrected chi connectivity index (χ3v) is 9.68. The fourth-order valence-corrected chi connectivity index (χ4v) is 6.15. The molecule has 0 radical (unpaired) electrons. The predicted molar refractivity (Wildman–Crippen MR) is 225 cm³/mol. The van der Waals surface area contributed by atoms with Gasteiger partial charge < -0.3 is 29.7 Å². The van der Waals surface area contributed by atoms with Gasteiger partial charge in [0.25, 0.3) is 0 Å². The average molecular weight is 813 g/mol.